The molecule has 2 heterocycles. The van der Waals surface area contributed by atoms with Crippen LogP contribution in [0.15, 0.2) is 20.8 Å². The summed E-state index contributed by atoms with van der Waals surface area (Å²) in [5.74, 6) is -0.864. The van der Waals surface area contributed by atoms with Gasteiger partial charge in [-0.15, -0.1) is 0 Å². The molecular formula is C21H29BrN2O7. The van der Waals surface area contributed by atoms with Gasteiger partial charge in [-0.1, -0.05) is 15.9 Å². The minimum absolute atomic E-state index is 0.138. The van der Waals surface area contributed by atoms with Crippen LogP contribution in [0.2, 0.25) is 0 Å². The van der Waals surface area contributed by atoms with Gasteiger partial charge < -0.3 is 14.2 Å². The molecule has 10 heteroatoms. The van der Waals surface area contributed by atoms with Crippen LogP contribution in [0.25, 0.3) is 6.08 Å². The normalized spacial score (nSPS) is 22.0. The van der Waals surface area contributed by atoms with Crippen molar-refractivity contribution in [2.75, 3.05) is 6.61 Å². The van der Waals surface area contributed by atoms with E-state index in [4.69, 9.17) is 14.2 Å². The maximum atomic E-state index is 12.4. The fourth-order valence-corrected chi connectivity index (χ4v) is 3.02. The molecule has 1 aromatic heterocycles. The Labute approximate surface area is 188 Å². The Hall–Kier alpha value is -2.20. The number of aromatic nitrogens is 2. The highest BCUT2D eigenvalue weighted by molar-refractivity contribution is 9.11. The number of hydrogen-bond donors (Lipinski definition) is 1. The van der Waals surface area contributed by atoms with Gasteiger partial charge in [0.15, 0.2) is 0 Å². The fraction of sp³-hybridized carbons (Fsp3) is 0.619. The van der Waals surface area contributed by atoms with E-state index in [1.807, 2.05) is 0 Å². The Bertz CT molecular complexity index is 966. The quantitative estimate of drug-likeness (QED) is 0.617. The number of halogens is 1. The molecule has 0 aromatic carbocycles. The van der Waals surface area contributed by atoms with Crippen LogP contribution in [-0.2, 0) is 23.8 Å². The summed E-state index contributed by atoms with van der Waals surface area (Å²) in [4.78, 5) is 52.7. The van der Waals surface area contributed by atoms with Crippen molar-refractivity contribution >= 4 is 33.9 Å². The Morgan fingerprint density at radius 3 is 2.35 bits per heavy atom. The topological polar surface area (TPSA) is 117 Å². The lowest BCUT2D eigenvalue weighted by Crippen LogP contribution is -2.36. The van der Waals surface area contributed by atoms with Crippen LogP contribution in [-0.4, -0.2) is 40.3 Å². The molecule has 0 spiro atoms. The highest BCUT2D eigenvalue weighted by atomic mass is 79.9. The molecule has 0 aliphatic carbocycles. The second-order valence-electron chi connectivity index (χ2n) is 9.45. The fourth-order valence-electron chi connectivity index (χ4n) is 2.74. The van der Waals surface area contributed by atoms with E-state index in [2.05, 4.69) is 20.9 Å². The summed E-state index contributed by atoms with van der Waals surface area (Å²) in [6.07, 6.45) is 0.695. The van der Waals surface area contributed by atoms with Crippen molar-refractivity contribution in [1.82, 2.24) is 9.55 Å². The van der Waals surface area contributed by atoms with Gasteiger partial charge >= 0.3 is 17.6 Å². The van der Waals surface area contributed by atoms with Gasteiger partial charge in [0.25, 0.3) is 5.56 Å². The van der Waals surface area contributed by atoms with Crippen molar-refractivity contribution in [3.8, 4) is 0 Å². The number of ether oxygens (including phenoxy) is 3. The third kappa shape index (κ3) is 6.39. The van der Waals surface area contributed by atoms with Crippen LogP contribution >= 0.6 is 15.9 Å². The summed E-state index contributed by atoms with van der Waals surface area (Å²) in [5.41, 5.74) is -2.40. The zero-order chi connectivity index (χ0) is 23.6. The van der Waals surface area contributed by atoms with E-state index >= 15 is 0 Å². The molecule has 172 valence electrons. The first-order valence-corrected chi connectivity index (χ1v) is 10.8. The Morgan fingerprint density at radius 2 is 1.81 bits per heavy atom. The van der Waals surface area contributed by atoms with Crippen LogP contribution in [0.1, 0.15) is 59.8 Å². The van der Waals surface area contributed by atoms with Gasteiger partial charge in [-0.05, 0) is 52.6 Å². The zero-order valence-electron chi connectivity index (χ0n) is 18.6. The highest BCUT2D eigenvalue weighted by Gasteiger charge is 2.42. The summed E-state index contributed by atoms with van der Waals surface area (Å²) >= 11 is 3.10. The summed E-state index contributed by atoms with van der Waals surface area (Å²) in [7, 11) is 0. The summed E-state index contributed by atoms with van der Waals surface area (Å²) < 4.78 is 18.2. The van der Waals surface area contributed by atoms with E-state index in [-0.39, 0.29) is 18.6 Å². The van der Waals surface area contributed by atoms with E-state index in [1.165, 1.54) is 21.8 Å². The van der Waals surface area contributed by atoms with Gasteiger partial charge in [0.1, 0.15) is 25.0 Å². The minimum Gasteiger partial charge on any atom is -0.462 e. The molecule has 1 fully saturated rings. The van der Waals surface area contributed by atoms with Crippen LogP contribution in [0.4, 0.5) is 0 Å². The van der Waals surface area contributed by atoms with Crippen LogP contribution in [0, 0.1) is 10.8 Å². The Morgan fingerprint density at radius 1 is 1.19 bits per heavy atom. The average molecular weight is 501 g/mol. The molecule has 1 saturated heterocycles. The van der Waals surface area contributed by atoms with Gasteiger partial charge in [-0.2, -0.15) is 0 Å². The van der Waals surface area contributed by atoms with Crippen molar-refractivity contribution in [2.24, 2.45) is 10.8 Å². The van der Waals surface area contributed by atoms with E-state index in [1.54, 1.807) is 41.5 Å². The second-order valence-corrected chi connectivity index (χ2v) is 9.98. The standard InChI is InChI=1S/C21H29BrN2O7/c1-20(2,3)17(26)29-11-14-13(31-18(27)21(4,5)6)9-15(30-14)24-10-12(7-8-22)16(25)23-19(24)28/h7-8,10,13-15H,9,11H2,1-6H3,(H,23,25,28)/b8-7+/t13?,14-,15-/m0/s1. The number of aromatic amines is 1. The highest BCUT2D eigenvalue weighted by Crippen LogP contribution is 2.32. The van der Waals surface area contributed by atoms with Crippen molar-refractivity contribution in [2.45, 2.75) is 66.4 Å². The predicted octanol–water partition coefficient (Wildman–Crippen LogP) is 2.74. The maximum absolute atomic E-state index is 12.4. The van der Waals surface area contributed by atoms with Crippen LogP contribution in [0.3, 0.4) is 0 Å². The number of hydrogen-bond acceptors (Lipinski definition) is 7. The number of H-pyrrole nitrogens is 1. The third-order valence-electron chi connectivity index (χ3n) is 4.59. The molecule has 3 atom stereocenters. The summed E-state index contributed by atoms with van der Waals surface area (Å²) in [5, 5.41) is 0. The first-order valence-electron chi connectivity index (χ1n) is 9.90. The predicted molar refractivity (Wildman–Crippen MR) is 118 cm³/mol. The molecule has 0 bridgehead atoms. The van der Waals surface area contributed by atoms with Crippen LogP contribution in [0.5, 0.6) is 0 Å². The number of carbonyl (C=O) groups excluding carboxylic acids is 2. The lowest BCUT2D eigenvalue weighted by molar-refractivity contribution is -0.167. The average Bonchev–Trinajstić information content (AvgIpc) is 3.02. The van der Waals surface area contributed by atoms with E-state index in [9.17, 15) is 19.2 Å². The number of esters is 2. The number of nitrogens with one attached hydrogen (secondary N) is 1. The molecule has 0 saturated carbocycles. The lowest BCUT2D eigenvalue weighted by Gasteiger charge is -2.24. The van der Waals surface area contributed by atoms with E-state index in [0.717, 1.165) is 0 Å². The first kappa shape index (κ1) is 25.1. The van der Waals surface area contributed by atoms with Gasteiger partial charge in [0.2, 0.25) is 0 Å². The van der Waals surface area contributed by atoms with Gasteiger partial charge in [-0.3, -0.25) is 23.9 Å². The second kappa shape index (κ2) is 9.52. The van der Waals surface area contributed by atoms with Crippen LogP contribution < -0.4 is 11.2 Å². The van der Waals surface area contributed by atoms with Crippen molar-refractivity contribution in [3.63, 3.8) is 0 Å². The smallest absolute Gasteiger partial charge is 0.330 e. The molecule has 0 radical (unpaired) electrons. The molecule has 1 aromatic rings. The van der Waals surface area contributed by atoms with Gasteiger partial charge in [0.05, 0.1) is 16.4 Å². The van der Waals surface area contributed by atoms with Gasteiger partial charge in [0, 0.05) is 12.6 Å². The molecule has 31 heavy (non-hydrogen) atoms. The Kier molecular flexibility index (Phi) is 7.70. The van der Waals surface area contributed by atoms with Crippen molar-refractivity contribution < 1.29 is 23.8 Å². The summed E-state index contributed by atoms with van der Waals surface area (Å²) in [6, 6.07) is 0. The molecule has 1 aliphatic rings. The number of rotatable bonds is 5. The Balaban J connectivity index is 2.30. The molecule has 2 rings (SSSR count). The monoisotopic (exact) mass is 500 g/mol. The molecule has 0 amide bonds. The van der Waals surface area contributed by atoms with E-state index in [0.29, 0.717) is 0 Å². The van der Waals surface area contributed by atoms with Gasteiger partial charge in [-0.25, -0.2) is 4.79 Å². The molecule has 1 aliphatic heterocycles. The SMILES string of the molecule is CC(C)(C)C(=O)OC[C@@H]1O[C@H](n2cc(/C=C/Br)c(=O)[nH]c2=O)CC1OC(=O)C(C)(C)C. The minimum atomic E-state index is -0.817. The first-order chi connectivity index (χ1) is 14.2. The van der Waals surface area contributed by atoms with E-state index < -0.39 is 52.5 Å². The summed E-state index contributed by atoms with van der Waals surface area (Å²) in [6.45, 7) is 10.2. The third-order valence-corrected chi connectivity index (χ3v) is 4.85. The maximum Gasteiger partial charge on any atom is 0.330 e. The molecule has 9 nitrogen and oxygen atoms in total. The largest absolute Gasteiger partial charge is 0.462 e. The lowest BCUT2D eigenvalue weighted by atomic mass is 9.97. The number of carbonyl (C=O) groups is 2. The van der Waals surface area contributed by atoms with Crippen molar-refractivity contribution in [1.29, 1.82) is 0 Å². The molecular weight excluding hydrogens is 472 g/mol. The molecule has 1 unspecified atom stereocenters. The molecule has 1 N–H and O–H groups in total. The van der Waals surface area contributed by atoms with Crippen molar-refractivity contribution in [3.05, 3.63) is 37.6 Å². The number of nitrogens with zero attached hydrogens (tertiary/aromatic N) is 1. The zero-order valence-corrected chi connectivity index (χ0v) is 20.1.